The Hall–Kier alpha value is -5.03. The molecule has 50 heavy (non-hydrogen) atoms. The predicted octanol–water partition coefficient (Wildman–Crippen LogP) is 9.45. The Morgan fingerprint density at radius 2 is 1.36 bits per heavy atom. The molecule has 0 atom stereocenters. The zero-order valence-corrected chi connectivity index (χ0v) is 29.0. The summed E-state index contributed by atoms with van der Waals surface area (Å²) in [5, 5.41) is 0. The lowest BCUT2D eigenvalue weighted by Gasteiger charge is -2.49. The van der Waals surface area contributed by atoms with Crippen LogP contribution in [0.1, 0.15) is 64.2 Å². The van der Waals surface area contributed by atoms with E-state index in [1.165, 1.54) is 86.9 Å². The van der Waals surface area contributed by atoms with Gasteiger partial charge in [0, 0.05) is 48.8 Å². The summed E-state index contributed by atoms with van der Waals surface area (Å²) >= 11 is 0. The normalized spacial score (nSPS) is 25.4. The Morgan fingerprint density at radius 1 is 0.560 bits per heavy atom. The first kappa shape index (κ1) is 29.8. The van der Waals surface area contributed by atoms with E-state index in [0.29, 0.717) is 0 Å². The average molecular weight is 656 g/mol. The average Bonchev–Trinajstić information content (AvgIpc) is 3.19. The molecule has 0 spiro atoms. The van der Waals surface area contributed by atoms with Gasteiger partial charge in [0.15, 0.2) is 0 Å². The van der Waals surface area contributed by atoms with E-state index in [-0.39, 0.29) is 0 Å². The van der Waals surface area contributed by atoms with Crippen molar-refractivity contribution in [3.8, 4) is 0 Å². The van der Waals surface area contributed by atoms with Gasteiger partial charge < -0.3 is 19.6 Å². The Kier molecular flexibility index (Phi) is 7.39. The summed E-state index contributed by atoms with van der Waals surface area (Å²) < 4.78 is 0. The zero-order chi connectivity index (χ0) is 33.0. The van der Waals surface area contributed by atoms with Gasteiger partial charge in [0.25, 0.3) is 0 Å². The van der Waals surface area contributed by atoms with Gasteiger partial charge >= 0.3 is 0 Å². The van der Waals surface area contributed by atoms with E-state index in [4.69, 9.17) is 4.99 Å². The molecule has 0 N–H and O–H groups in total. The fourth-order valence-electron chi connectivity index (χ4n) is 9.35. The minimum absolute atomic E-state index is 0.738. The molecule has 0 aromatic heterocycles. The van der Waals surface area contributed by atoms with E-state index in [1.807, 2.05) is 0 Å². The standard InChI is InChI=1S/C45H45N5/c1-2-16-37-31-47(27-22-32(37)11-1)43-39-18-8-4-13-34(39)24-29-49(43)45-41-20-10-6-15-36(41)25-30-50(45)44-40-19-9-5-14-35(40)23-28-48(44)42-38-17-7-3-12-33(38)21-26-46-42/h1-3,6-7,9,11,15,17,19,21-25,27,31H,4-5,8,10,12-14,16,18,20,26,28-30H2. The highest BCUT2D eigenvalue weighted by atomic mass is 15.5. The van der Waals surface area contributed by atoms with Crippen molar-refractivity contribution in [2.75, 3.05) is 26.2 Å². The number of aliphatic imine (C=N–C) groups is 1. The Balaban J connectivity index is 1.16. The van der Waals surface area contributed by atoms with Gasteiger partial charge in [-0.2, -0.15) is 0 Å². The van der Waals surface area contributed by atoms with Gasteiger partial charge in [-0.15, -0.1) is 0 Å². The first-order valence-electron chi connectivity index (χ1n) is 18.9. The second kappa shape index (κ2) is 12.4. The number of rotatable bonds is 3. The predicted molar refractivity (Wildman–Crippen MR) is 204 cm³/mol. The maximum atomic E-state index is 5.26. The number of nitrogens with zero attached hydrogens (tertiary/aromatic N) is 5. The van der Waals surface area contributed by atoms with Gasteiger partial charge in [-0.3, -0.25) is 4.99 Å². The summed E-state index contributed by atoms with van der Waals surface area (Å²) in [6.45, 7) is 3.28. The largest absolute Gasteiger partial charge is 0.309 e. The number of amidine groups is 1. The Bertz CT molecular complexity index is 2070. The van der Waals surface area contributed by atoms with Crippen LogP contribution in [0.15, 0.2) is 182 Å². The summed E-state index contributed by atoms with van der Waals surface area (Å²) in [5.41, 5.74) is 14.2. The zero-order valence-electron chi connectivity index (χ0n) is 29.0. The molecule has 5 nitrogen and oxygen atoms in total. The van der Waals surface area contributed by atoms with Crippen LogP contribution < -0.4 is 0 Å². The smallest absolute Gasteiger partial charge is 0.137 e. The monoisotopic (exact) mass is 655 g/mol. The first-order valence-corrected chi connectivity index (χ1v) is 18.9. The molecule has 250 valence electrons. The van der Waals surface area contributed by atoms with Crippen LogP contribution in [0.5, 0.6) is 0 Å². The molecule has 10 aliphatic rings. The van der Waals surface area contributed by atoms with Crippen LogP contribution in [0.4, 0.5) is 0 Å². The third-order valence-electron chi connectivity index (χ3n) is 11.8. The van der Waals surface area contributed by atoms with Crippen LogP contribution in [0, 0.1) is 0 Å². The minimum atomic E-state index is 0.738. The van der Waals surface area contributed by atoms with Crippen molar-refractivity contribution in [2.45, 2.75) is 64.2 Å². The van der Waals surface area contributed by atoms with Gasteiger partial charge in [0.2, 0.25) is 0 Å². The molecule has 1 fully saturated rings. The molecule has 5 aliphatic heterocycles. The van der Waals surface area contributed by atoms with Gasteiger partial charge in [-0.1, -0.05) is 85.1 Å². The highest BCUT2D eigenvalue weighted by molar-refractivity contribution is 6.05. The molecule has 0 unspecified atom stereocenters. The third-order valence-corrected chi connectivity index (χ3v) is 11.8. The molecular formula is C45H45N5. The summed E-state index contributed by atoms with van der Waals surface area (Å²) in [4.78, 5) is 15.7. The van der Waals surface area contributed by atoms with Crippen LogP contribution in [-0.4, -0.2) is 51.6 Å². The SMILES string of the molecule is C1=CCC2=CN(C3=C4CCCCC4=CCN3C3=C4CCC=CC4=CCN3C3=C4C=CCCC4=CCN3C3=NCC=C4CC=CC=C43)C=CC2=C1. The fraction of sp³-hybridized carbons (Fsp3) is 0.311. The number of hydrogen-bond acceptors (Lipinski definition) is 5. The summed E-state index contributed by atoms with van der Waals surface area (Å²) in [7, 11) is 0. The number of hydrogen-bond donors (Lipinski definition) is 0. The van der Waals surface area contributed by atoms with Crippen molar-refractivity contribution >= 4 is 5.84 Å². The molecule has 0 aromatic carbocycles. The number of allylic oxidation sites excluding steroid dienone is 19. The van der Waals surface area contributed by atoms with Crippen molar-refractivity contribution in [2.24, 2.45) is 4.99 Å². The molecule has 10 rings (SSSR count). The summed E-state index contributed by atoms with van der Waals surface area (Å²) in [6.07, 6.45) is 51.1. The van der Waals surface area contributed by atoms with Gasteiger partial charge in [-0.25, -0.2) is 0 Å². The van der Waals surface area contributed by atoms with Crippen molar-refractivity contribution in [3.05, 3.63) is 177 Å². The second-order valence-electron chi connectivity index (χ2n) is 14.6. The maximum absolute atomic E-state index is 5.26. The lowest BCUT2D eigenvalue weighted by atomic mass is 9.85. The van der Waals surface area contributed by atoms with Crippen LogP contribution in [-0.2, 0) is 0 Å². The quantitative estimate of drug-likeness (QED) is 0.303. The molecule has 0 aromatic rings. The highest BCUT2D eigenvalue weighted by Gasteiger charge is 2.40. The van der Waals surface area contributed by atoms with E-state index in [2.05, 4.69) is 123 Å². The molecule has 5 heteroatoms. The molecule has 0 amide bonds. The Labute approximate surface area is 296 Å². The topological polar surface area (TPSA) is 25.3 Å². The van der Waals surface area contributed by atoms with E-state index < -0.39 is 0 Å². The van der Waals surface area contributed by atoms with E-state index in [9.17, 15) is 0 Å². The van der Waals surface area contributed by atoms with Gasteiger partial charge in [0.1, 0.15) is 23.3 Å². The van der Waals surface area contributed by atoms with Crippen molar-refractivity contribution in [1.82, 2.24) is 19.6 Å². The second-order valence-corrected chi connectivity index (χ2v) is 14.6. The lowest BCUT2D eigenvalue weighted by molar-refractivity contribution is 0.225. The van der Waals surface area contributed by atoms with E-state index in [0.717, 1.165) is 77.0 Å². The molecule has 0 bridgehead atoms. The summed E-state index contributed by atoms with van der Waals surface area (Å²) in [6, 6.07) is 0. The Morgan fingerprint density at radius 3 is 2.34 bits per heavy atom. The van der Waals surface area contributed by atoms with Crippen LogP contribution in [0.3, 0.4) is 0 Å². The van der Waals surface area contributed by atoms with Crippen LogP contribution in [0.25, 0.3) is 0 Å². The molecular weight excluding hydrogens is 611 g/mol. The maximum Gasteiger partial charge on any atom is 0.137 e. The molecule has 5 heterocycles. The first-order chi connectivity index (χ1) is 24.8. The minimum Gasteiger partial charge on any atom is -0.309 e. The van der Waals surface area contributed by atoms with Crippen LogP contribution >= 0.6 is 0 Å². The van der Waals surface area contributed by atoms with Crippen molar-refractivity contribution in [3.63, 3.8) is 0 Å². The van der Waals surface area contributed by atoms with Crippen molar-refractivity contribution in [1.29, 1.82) is 0 Å². The van der Waals surface area contributed by atoms with Crippen LogP contribution in [0.2, 0.25) is 0 Å². The molecule has 5 aliphatic carbocycles. The van der Waals surface area contributed by atoms with E-state index >= 15 is 0 Å². The molecule has 0 radical (unpaired) electrons. The fourth-order valence-corrected chi connectivity index (χ4v) is 9.35. The molecule has 0 saturated heterocycles. The number of fused-ring (bicyclic) bond motifs is 5. The number of dihydropyridines is 1. The third kappa shape index (κ3) is 4.93. The van der Waals surface area contributed by atoms with Crippen molar-refractivity contribution < 1.29 is 0 Å². The highest BCUT2D eigenvalue weighted by Crippen LogP contribution is 2.46. The summed E-state index contributed by atoms with van der Waals surface area (Å²) in [5.74, 6) is 5.11. The van der Waals surface area contributed by atoms with Gasteiger partial charge in [-0.05, 0) is 109 Å². The van der Waals surface area contributed by atoms with Gasteiger partial charge in [0.05, 0.1) is 6.54 Å². The lowest BCUT2D eigenvalue weighted by Crippen LogP contribution is -2.49. The molecule has 1 saturated carbocycles. The van der Waals surface area contributed by atoms with E-state index in [1.54, 1.807) is 5.57 Å².